The smallest absolute Gasteiger partial charge is 0.330 e. The largest absolute Gasteiger partial charge is 0.446 e. The molecule has 1 atom stereocenters. The first kappa shape index (κ1) is 15.8. The molecule has 0 aliphatic heterocycles. The van der Waals surface area contributed by atoms with Crippen LogP contribution in [-0.4, -0.2) is 18.0 Å². The Morgan fingerprint density at radius 2 is 1.95 bits per heavy atom. The molecule has 1 amide bonds. The summed E-state index contributed by atoms with van der Waals surface area (Å²) in [4.78, 5) is 11.8. The van der Waals surface area contributed by atoms with Gasteiger partial charge in [-0.05, 0) is 42.4 Å². The number of hydrogen-bond acceptors (Lipinski definition) is 3. The molecule has 0 heterocycles. The third-order valence-corrected chi connectivity index (χ3v) is 3.24. The molecule has 0 aliphatic carbocycles. The maximum absolute atomic E-state index is 12.1. The summed E-state index contributed by atoms with van der Waals surface area (Å²) in [6.45, 7) is 2.09. The van der Waals surface area contributed by atoms with E-state index in [0.717, 1.165) is 0 Å². The fourth-order valence-electron chi connectivity index (χ4n) is 1.44. The molecule has 1 rings (SSSR count). The minimum absolute atomic E-state index is 0.0800. The van der Waals surface area contributed by atoms with Crippen LogP contribution in [-0.2, 0) is 4.79 Å². The highest BCUT2D eigenvalue weighted by molar-refractivity contribution is 8.00. The number of anilines is 1. The molecule has 7 heteroatoms. The molecule has 0 fully saturated rings. The number of hydrogen-bond donors (Lipinski definition) is 2. The number of alkyl halides is 3. The number of nitrogens with two attached hydrogens (primary N) is 1. The Balaban J connectivity index is 2.64. The molecule has 3 nitrogen and oxygen atoms in total. The normalized spacial score (nSPS) is 13.1. The lowest BCUT2D eigenvalue weighted by molar-refractivity contribution is -0.119. The van der Waals surface area contributed by atoms with Gasteiger partial charge in [-0.2, -0.15) is 13.2 Å². The molecule has 3 N–H and O–H groups in total. The van der Waals surface area contributed by atoms with Crippen molar-refractivity contribution in [1.82, 2.24) is 0 Å². The van der Waals surface area contributed by atoms with E-state index in [-0.39, 0.29) is 35.0 Å². The van der Waals surface area contributed by atoms with Crippen LogP contribution in [0, 0.1) is 5.92 Å². The summed E-state index contributed by atoms with van der Waals surface area (Å²) in [6, 6.07) is 5.51. The second-order valence-corrected chi connectivity index (χ2v) is 5.04. The van der Waals surface area contributed by atoms with E-state index in [1.165, 1.54) is 24.3 Å². The first-order chi connectivity index (χ1) is 8.85. The highest BCUT2D eigenvalue weighted by Crippen LogP contribution is 2.37. The van der Waals surface area contributed by atoms with Crippen molar-refractivity contribution < 1.29 is 18.0 Å². The average Bonchev–Trinajstić information content (AvgIpc) is 2.31. The molecular weight excluding hydrogens is 277 g/mol. The number of amides is 1. The zero-order valence-electron chi connectivity index (χ0n) is 10.3. The second-order valence-electron chi connectivity index (χ2n) is 3.90. The van der Waals surface area contributed by atoms with Crippen molar-refractivity contribution in [3.8, 4) is 0 Å². The Hall–Kier alpha value is -1.21. The van der Waals surface area contributed by atoms with Crippen LogP contribution in [0.1, 0.15) is 13.3 Å². The molecule has 1 unspecified atom stereocenters. The van der Waals surface area contributed by atoms with Gasteiger partial charge >= 0.3 is 5.51 Å². The van der Waals surface area contributed by atoms with Crippen molar-refractivity contribution in [2.24, 2.45) is 11.7 Å². The first-order valence-electron chi connectivity index (χ1n) is 5.72. The van der Waals surface area contributed by atoms with E-state index in [9.17, 15) is 18.0 Å². The van der Waals surface area contributed by atoms with Gasteiger partial charge in [0.05, 0.1) is 5.92 Å². The van der Waals surface area contributed by atoms with Gasteiger partial charge in [-0.15, -0.1) is 0 Å². The Bertz CT molecular complexity index is 416. The van der Waals surface area contributed by atoms with Crippen molar-refractivity contribution in [3.63, 3.8) is 0 Å². The SMILES string of the molecule is CCC(CN)C(=O)Nc1ccc(SC(F)(F)F)cc1. The first-order valence-corrected chi connectivity index (χ1v) is 6.54. The number of nitrogens with one attached hydrogen (secondary N) is 1. The van der Waals surface area contributed by atoms with Crippen LogP contribution in [0.4, 0.5) is 18.9 Å². The number of carbonyl (C=O) groups excluding carboxylic acids is 1. The Morgan fingerprint density at radius 1 is 1.37 bits per heavy atom. The molecule has 0 aliphatic rings. The molecule has 0 spiro atoms. The zero-order valence-corrected chi connectivity index (χ0v) is 11.1. The third kappa shape index (κ3) is 5.52. The molecule has 19 heavy (non-hydrogen) atoms. The number of benzene rings is 1. The Morgan fingerprint density at radius 3 is 2.37 bits per heavy atom. The fraction of sp³-hybridized carbons (Fsp3) is 0.417. The lowest BCUT2D eigenvalue weighted by atomic mass is 10.1. The van der Waals surface area contributed by atoms with Crippen LogP contribution < -0.4 is 11.1 Å². The zero-order chi connectivity index (χ0) is 14.5. The van der Waals surface area contributed by atoms with Gasteiger partial charge in [0, 0.05) is 17.1 Å². The van der Waals surface area contributed by atoms with Crippen molar-refractivity contribution >= 4 is 23.4 Å². The topological polar surface area (TPSA) is 55.1 Å². The molecule has 0 saturated heterocycles. The van der Waals surface area contributed by atoms with Crippen molar-refractivity contribution in [1.29, 1.82) is 0 Å². The minimum Gasteiger partial charge on any atom is -0.330 e. The van der Waals surface area contributed by atoms with E-state index in [0.29, 0.717) is 12.1 Å². The molecule has 1 aromatic carbocycles. The third-order valence-electron chi connectivity index (χ3n) is 2.50. The lowest BCUT2D eigenvalue weighted by Gasteiger charge is -2.13. The molecule has 0 saturated carbocycles. The average molecular weight is 292 g/mol. The predicted molar refractivity (Wildman–Crippen MR) is 69.8 cm³/mol. The highest BCUT2D eigenvalue weighted by atomic mass is 32.2. The maximum Gasteiger partial charge on any atom is 0.446 e. The summed E-state index contributed by atoms with van der Waals surface area (Å²) in [5.41, 5.74) is 1.60. The number of carbonyl (C=O) groups is 1. The van der Waals surface area contributed by atoms with Crippen LogP contribution in [0.5, 0.6) is 0 Å². The fourth-order valence-corrected chi connectivity index (χ4v) is 1.98. The van der Waals surface area contributed by atoms with Crippen LogP contribution in [0.25, 0.3) is 0 Å². The summed E-state index contributed by atoms with van der Waals surface area (Å²) in [5.74, 6) is -0.509. The number of rotatable bonds is 5. The van der Waals surface area contributed by atoms with E-state index >= 15 is 0 Å². The standard InChI is InChI=1S/C12H15F3N2OS/c1-2-8(7-16)11(18)17-9-3-5-10(6-4-9)19-12(13,14)15/h3-6,8H,2,7,16H2,1H3,(H,17,18). The van der Waals surface area contributed by atoms with E-state index in [2.05, 4.69) is 5.32 Å². The summed E-state index contributed by atoms with van der Waals surface area (Å²) >= 11 is -0.189. The maximum atomic E-state index is 12.1. The minimum atomic E-state index is -4.31. The van der Waals surface area contributed by atoms with Gasteiger partial charge in [-0.25, -0.2) is 0 Å². The molecule has 0 bridgehead atoms. The molecular formula is C12H15F3N2OS. The molecule has 1 aromatic rings. The van der Waals surface area contributed by atoms with Crippen molar-refractivity contribution in [2.45, 2.75) is 23.7 Å². The van der Waals surface area contributed by atoms with Gasteiger partial charge in [0.15, 0.2) is 0 Å². The van der Waals surface area contributed by atoms with Gasteiger partial charge in [0.2, 0.25) is 5.91 Å². The Labute approximate surface area is 113 Å². The molecule has 0 aromatic heterocycles. The highest BCUT2D eigenvalue weighted by Gasteiger charge is 2.29. The summed E-state index contributed by atoms with van der Waals surface area (Å²) in [5, 5.41) is 2.62. The predicted octanol–water partition coefficient (Wildman–Crippen LogP) is 3.22. The second kappa shape index (κ2) is 6.81. The van der Waals surface area contributed by atoms with E-state index in [4.69, 9.17) is 5.73 Å². The van der Waals surface area contributed by atoms with Gasteiger partial charge < -0.3 is 11.1 Å². The van der Waals surface area contributed by atoms with Gasteiger partial charge in [0.1, 0.15) is 0 Å². The monoisotopic (exact) mass is 292 g/mol. The van der Waals surface area contributed by atoms with Crippen LogP contribution in [0.2, 0.25) is 0 Å². The molecule has 106 valence electrons. The summed E-state index contributed by atoms with van der Waals surface area (Å²) in [7, 11) is 0. The van der Waals surface area contributed by atoms with Crippen molar-refractivity contribution in [3.05, 3.63) is 24.3 Å². The summed E-state index contributed by atoms with van der Waals surface area (Å²) in [6.07, 6.45) is 0.615. The summed E-state index contributed by atoms with van der Waals surface area (Å²) < 4.78 is 36.4. The number of halogens is 3. The van der Waals surface area contributed by atoms with E-state index in [1.807, 2.05) is 6.92 Å². The van der Waals surface area contributed by atoms with E-state index < -0.39 is 5.51 Å². The van der Waals surface area contributed by atoms with Crippen LogP contribution in [0.15, 0.2) is 29.2 Å². The molecule has 0 radical (unpaired) electrons. The lowest BCUT2D eigenvalue weighted by Crippen LogP contribution is -2.28. The van der Waals surface area contributed by atoms with Gasteiger partial charge in [0.25, 0.3) is 0 Å². The van der Waals surface area contributed by atoms with E-state index in [1.54, 1.807) is 0 Å². The van der Waals surface area contributed by atoms with Crippen molar-refractivity contribution in [2.75, 3.05) is 11.9 Å². The van der Waals surface area contributed by atoms with Gasteiger partial charge in [-0.3, -0.25) is 4.79 Å². The quantitative estimate of drug-likeness (QED) is 0.819. The van der Waals surface area contributed by atoms with Crippen LogP contribution in [0.3, 0.4) is 0 Å². The Kier molecular flexibility index (Phi) is 5.68. The van der Waals surface area contributed by atoms with Crippen LogP contribution >= 0.6 is 11.8 Å². The van der Waals surface area contributed by atoms with Gasteiger partial charge in [-0.1, -0.05) is 6.92 Å². The number of thioether (sulfide) groups is 1.